The zero-order valence-electron chi connectivity index (χ0n) is 7.79. The fourth-order valence-corrected chi connectivity index (χ4v) is 1.41. The molecule has 1 rings (SSSR count). The maximum absolute atomic E-state index is 5.78. The molecular weight excluding hydrogens is 184 g/mol. The Hall–Kier alpha value is -0.530. The van der Waals surface area contributed by atoms with Crippen LogP contribution in [0, 0.1) is 6.92 Å². The molecule has 1 aromatic carbocycles. The minimum absolute atomic E-state index is 0.148. The van der Waals surface area contributed by atoms with E-state index in [1.165, 1.54) is 0 Å². The zero-order chi connectivity index (χ0) is 9.68. The van der Waals surface area contributed by atoms with Crippen LogP contribution in [0.2, 0.25) is 5.02 Å². The molecule has 1 radical (unpaired) electrons. The van der Waals surface area contributed by atoms with Gasteiger partial charge in [0.1, 0.15) is 0 Å². The van der Waals surface area contributed by atoms with Gasteiger partial charge in [-0.2, -0.15) is 0 Å². The van der Waals surface area contributed by atoms with Gasteiger partial charge in [-0.25, -0.2) is 0 Å². The maximum atomic E-state index is 5.78. The Morgan fingerprint density at radius 3 is 2.46 bits per heavy atom. The molecule has 1 aromatic rings. The van der Waals surface area contributed by atoms with E-state index in [-0.39, 0.29) is 6.10 Å². The van der Waals surface area contributed by atoms with Gasteiger partial charge in [0, 0.05) is 12.1 Å². The van der Waals surface area contributed by atoms with Crippen LogP contribution in [0.1, 0.15) is 24.5 Å². The van der Waals surface area contributed by atoms with Crippen LogP contribution in [0.4, 0.5) is 0 Å². The smallest absolute Gasteiger partial charge is 0.0821 e. The Labute approximate surface area is 84.7 Å². The molecule has 13 heavy (non-hydrogen) atoms. The predicted molar refractivity (Wildman–Crippen MR) is 55.8 cm³/mol. The van der Waals surface area contributed by atoms with Crippen LogP contribution in [0.25, 0.3) is 0 Å². The SMILES string of the molecule is [CH2]CCC(OC)c1ccc(Cl)cc1. The average Bonchev–Trinajstić information content (AvgIpc) is 2.16. The van der Waals surface area contributed by atoms with E-state index in [4.69, 9.17) is 16.3 Å². The van der Waals surface area contributed by atoms with Crippen LogP contribution in [0.3, 0.4) is 0 Å². The monoisotopic (exact) mass is 197 g/mol. The lowest BCUT2D eigenvalue weighted by atomic mass is 10.1. The van der Waals surface area contributed by atoms with Crippen molar-refractivity contribution in [2.24, 2.45) is 0 Å². The van der Waals surface area contributed by atoms with E-state index in [9.17, 15) is 0 Å². The third kappa shape index (κ3) is 3.02. The summed E-state index contributed by atoms with van der Waals surface area (Å²) >= 11 is 5.78. The van der Waals surface area contributed by atoms with Crippen molar-refractivity contribution in [2.45, 2.75) is 18.9 Å². The van der Waals surface area contributed by atoms with Gasteiger partial charge < -0.3 is 4.74 Å². The molecule has 0 amide bonds. The minimum Gasteiger partial charge on any atom is -0.377 e. The third-order valence-corrected chi connectivity index (χ3v) is 2.24. The van der Waals surface area contributed by atoms with Crippen molar-refractivity contribution in [3.63, 3.8) is 0 Å². The maximum Gasteiger partial charge on any atom is 0.0821 e. The number of hydrogen-bond donors (Lipinski definition) is 0. The van der Waals surface area contributed by atoms with E-state index in [1.807, 2.05) is 24.3 Å². The summed E-state index contributed by atoms with van der Waals surface area (Å²) in [6.45, 7) is 3.81. The second-order valence-corrected chi connectivity index (χ2v) is 3.35. The topological polar surface area (TPSA) is 9.23 Å². The van der Waals surface area contributed by atoms with Crippen molar-refractivity contribution in [3.05, 3.63) is 41.8 Å². The van der Waals surface area contributed by atoms with E-state index in [0.29, 0.717) is 0 Å². The average molecular weight is 198 g/mol. The Bertz CT molecular complexity index is 243. The molecule has 1 atom stereocenters. The highest BCUT2D eigenvalue weighted by Crippen LogP contribution is 2.22. The summed E-state index contributed by atoms with van der Waals surface area (Å²) in [7, 11) is 1.72. The van der Waals surface area contributed by atoms with Crippen LogP contribution >= 0.6 is 11.6 Å². The third-order valence-electron chi connectivity index (χ3n) is 1.99. The van der Waals surface area contributed by atoms with Crippen molar-refractivity contribution < 1.29 is 4.74 Å². The summed E-state index contributed by atoms with van der Waals surface area (Å²) in [6.07, 6.45) is 1.97. The van der Waals surface area contributed by atoms with Crippen LogP contribution < -0.4 is 0 Å². The zero-order valence-corrected chi connectivity index (χ0v) is 8.55. The van der Waals surface area contributed by atoms with Gasteiger partial charge in [-0.05, 0) is 24.1 Å². The second kappa shape index (κ2) is 5.25. The highest BCUT2D eigenvalue weighted by Gasteiger charge is 2.07. The van der Waals surface area contributed by atoms with Crippen molar-refractivity contribution in [1.82, 2.24) is 0 Å². The van der Waals surface area contributed by atoms with Crippen molar-refractivity contribution >= 4 is 11.6 Å². The molecule has 1 unspecified atom stereocenters. The fourth-order valence-electron chi connectivity index (χ4n) is 1.28. The molecule has 0 aliphatic rings. The van der Waals surface area contributed by atoms with E-state index >= 15 is 0 Å². The van der Waals surface area contributed by atoms with E-state index in [0.717, 1.165) is 23.4 Å². The highest BCUT2D eigenvalue weighted by molar-refractivity contribution is 6.30. The first-order valence-electron chi connectivity index (χ1n) is 4.35. The highest BCUT2D eigenvalue weighted by atomic mass is 35.5. The largest absolute Gasteiger partial charge is 0.377 e. The summed E-state index contributed by atoms with van der Waals surface area (Å²) in [5.74, 6) is 0. The van der Waals surface area contributed by atoms with Crippen molar-refractivity contribution in [1.29, 1.82) is 0 Å². The number of halogens is 1. The van der Waals surface area contributed by atoms with Gasteiger partial charge >= 0.3 is 0 Å². The predicted octanol–water partition coefficient (Wildman–Crippen LogP) is 3.64. The van der Waals surface area contributed by atoms with Gasteiger partial charge in [0.15, 0.2) is 0 Å². The summed E-state index contributed by atoms with van der Waals surface area (Å²) < 4.78 is 5.33. The van der Waals surface area contributed by atoms with E-state index in [1.54, 1.807) is 7.11 Å². The molecule has 2 heteroatoms. The number of methoxy groups -OCH3 is 1. The molecule has 0 aliphatic heterocycles. The van der Waals surface area contributed by atoms with Gasteiger partial charge in [0.25, 0.3) is 0 Å². The molecule has 0 bridgehead atoms. The Kier molecular flexibility index (Phi) is 4.26. The molecule has 0 saturated carbocycles. The van der Waals surface area contributed by atoms with Crippen LogP contribution in [0.5, 0.6) is 0 Å². The van der Waals surface area contributed by atoms with Crippen LogP contribution in [-0.4, -0.2) is 7.11 Å². The molecule has 0 heterocycles. The standard InChI is InChI=1S/C11H14ClO/c1-3-4-11(13-2)9-5-7-10(12)8-6-9/h5-8,11H,1,3-4H2,2H3. The van der Waals surface area contributed by atoms with Crippen molar-refractivity contribution in [2.75, 3.05) is 7.11 Å². The first kappa shape index (κ1) is 10.6. The molecule has 71 valence electrons. The fraction of sp³-hybridized carbons (Fsp3) is 0.364. The lowest BCUT2D eigenvalue weighted by Gasteiger charge is -2.14. The van der Waals surface area contributed by atoms with Crippen LogP contribution in [-0.2, 0) is 4.74 Å². The summed E-state index contributed by atoms with van der Waals surface area (Å²) in [5.41, 5.74) is 1.16. The van der Waals surface area contributed by atoms with Crippen LogP contribution in [0.15, 0.2) is 24.3 Å². The molecule has 0 spiro atoms. The lowest BCUT2D eigenvalue weighted by Crippen LogP contribution is -2.00. The van der Waals surface area contributed by atoms with E-state index in [2.05, 4.69) is 6.92 Å². The summed E-state index contributed by atoms with van der Waals surface area (Å²) in [4.78, 5) is 0. The van der Waals surface area contributed by atoms with E-state index < -0.39 is 0 Å². The number of ether oxygens (including phenoxy) is 1. The summed E-state index contributed by atoms with van der Waals surface area (Å²) in [5, 5.41) is 0.758. The van der Waals surface area contributed by atoms with Gasteiger partial charge in [-0.15, -0.1) is 0 Å². The van der Waals surface area contributed by atoms with Crippen molar-refractivity contribution in [3.8, 4) is 0 Å². The summed E-state index contributed by atoms with van der Waals surface area (Å²) in [6, 6.07) is 7.75. The quantitative estimate of drug-likeness (QED) is 0.716. The first-order chi connectivity index (χ1) is 6.27. The first-order valence-corrected chi connectivity index (χ1v) is 4.73. The minimum atomic E-state index is 0.148. The molecule has 0 aromatic heterocycles. The Morgan fingerprint density at radius 1 is 1.38 bits per heavy atom. The normalized spacial score (nSPS) is 12.8. The number of benzene rings is 1. The Balaban J connectivity index is 2.73. The second-order valence-electron chi connectivity index (χ2n) is 2.92. The number of rotatable bonds is 4. The Morgan fingerprint density at radius 2 is 2.00 bits per heavy atom. The molecule has 0 saturated heterocycles. The molecule has 0 fully saturated rings. The number of hydrogen-bond acceptors (Lipinski definition) is 1. The molecular formula is C11H14ClO. The van der Waals surface area contributed by atoms with Gasteiger partial charge in [0.2, 0.25) is 0 Å². The molecule has 0 aliphatic carbocycles. The van der Waals surface area contributed by atoms with Gasteiger partial charge in [-0.3, -0.25) is 0 Å². The molecule has 0 N–H and O–H groups in total. The van der Waals surface area contributed by atoms with Gasteiger partial charge in [-0.1, -0.05) is 37.1 Å². The lowest BCUT2D eigenvalue weighted by molar-refractivity contribution is 0.0964. The molecule has 1 nitrogen and oxygen atoms in total. The van der Waals surface area contributed by atoms with Gasteiger partial charge in [0.05, 0.1) is 6.10 Å².